The number of hydrogen-bond acceptors (Lipinski definition) is 8. The van der Waals surface area contributed by atoms with Crippen LogP contribution in [0.4, 0.5) is 4.39 Å². The number of nitrogens with zero attached hydrogens (tertiary/aromatic N) is 5. The van der Waals surface area contributed by atoms with Crippen LogP contribution in [0.2, 0.25) is 0 Å². The monoisotopic (exact) mass is 480 g/mol. The summed E-state index contributed by atoms with van der Waals surface area (Å²) in [6.07, 6.45) is 5.87. The molecule has 0 aromatic carbocycles. The number of rotatable bonds is 9. The second kappa shape index (κ2) is 10.0. The van der Waals surface area contributed by atoms with Gasteiger partial charge in [0.05, 0.1) is 24.6 Å². The standard InChI is InChI=1S/C24H25FN6O4/c1-14-5-6-30(24(32)19(14)11-18(12-26)34-8-7-33-4)16(3)22-27-28-23-20(25)10-17(13-31(22)23)21-9-15(2)29-35-21/h5-6,9-13,16,26H,7-8H2,1-4H3/b18-11+,26-12?/t16-/m1/s1. The summed E-state index contributed by atoms with van der Waals surface area (Å²) in [6.45, 7) is 5.95. The Labute approximate surface area is 200 Å². The van der Waals surface area contributed by atoms with Gasteiger partial charge in [-0.15, -0.1) is 10.2 Å². The topological polar surface area (TPSA) is 121 Å². The van der Waals surface area contributed by atoms with Gasteiger partial charge in [-0.2, -0.15) is 0 Å². The van der Waals surface area contributed by atoms with Gasteiger partial charge in [-0.3, -0.25) is 9.20 Å². The highest BCUT2D eigenvalue weighted by Crippen LogP contribution is 2.25. The summed E-state index contributed by atoms with van der Waals surface area (Å²) in [4.78, 5) is 13.4. The fourth-order valence-corrected chi connectivity index (χ4v) is 3.66. The Hall–Kier alpha value is -4.12. The van der Waals surface area contributed by atoms with Crippen molar-refractivity contribution in [1.82, 2.24) is 24.3 Å². The Morgan fingerprint density at radius 1 is 1.29 bits per heavy atom. The van der Waals surface area contributed by atoms with Gasteiger partial charge < -0.3 is 24.0 Å². The molecule has 0 fully saturated rings. The zero-order valence-electron chi connectivity index (χ0n) is 19.8. The van der Waals surface area contributed by atoms with Gasteiger partial charge in [0.25, 0.3) is 5.56 Å². The van der Waals surface area contributed by atoms with Crippen molar-refractivity contribution in [3.8, 4) is 11.3 Å². The lowest BCUT2D eigenvalue weighted by Gasteiger charge is -2.16. The van der Waals surface area contributed by atoms with E-state index >= 15 is 0 Å². The minimum Gasteiger partial charge on any atom is -0.490 e. The normalized spacial score (nSPS) is 12.8. The van der Waals surface area contributed by atoms with E-state index in [1.165, 1.54) is 21.1 Å². The largest absolute Gasteiger partial charge is 0.490 e. The fraction of sp³-hybridized carbons (Fsp3) is 0.292. The lowest BCUT2D eigenvalue weighted by molar-refractivity contribution is 0.118. The number of pyridine rings is 2. The van der Waals surface area contributed by atoms with Gasteiger partial charge in [-0.05, 0) is 44.5 Å². The summed E-state index contributed by atoms with van der Waals surface area (Å²) in [5.41, 5.74) is 1.94. The number of halogens is 1. The zero-order valence-corrected chi connectivity index (χ0v) is 19.8. The second-order valence-corrected chi connectivity index (χ2v) is 7.99. The van der Waals surface area contributed by atoms with Crippen LogP contribution in [0.3, 0.4) is 0 Å². The van der Waals surface area contributed by atoms with E-state index in [4.69, 9.17) is 19.4 Å². The van der Waals surface area contributed by atoms with Crippen molar-refractivity contribution in [2.45, 2.75) is 26.8 Å². The van der Waals surface area contributed by atoms with Gasteiger partial charge in [0, 0.05) is 36.7 Å². The number of methoxy groups -OCH3 is 1. The highest BCUT2D eigenvalue weighted by Gasteiger charge is 2.21. The Morgan fingerprint density at radius 2 is 2.09 bits per heavy atom. The number of fused-ring (bicyclic) bond motifs is 1. The van der Waals surface area contributed by atoms with Crippen molar-refractivity contribution in [3.63, 3.8) is 0 Å². The third-order valence-electron chi connectivity index (χ3n) is 5.55. The smallest absolute Gasteiger partial charge is 0.258 e. The highest BCUT2D eigenvalue weighted by molar-refractivity contribution is 5.81. The average Bonchev–Trinajstić information content (AvgIpc) is 3.47. The molecule has 0 saturated heterocycles. The van der Waals surface area contributed by atoms with Crippen LogP contribution in [0.1, 0.15) is 35.6 Å². The molecule has 4 aromatic rings. The molecule has 0 aliphatic rings. The van der Waals surface area contributed by atoms with Gasteiger partial charge in [0.1, 0.15) is 12.4 Å². The zero-order chi connectivity index (χ0) is 25.1. The van der Waals surface area contributed by atoms with Crippen LogP contribution in [-0.2, 0) is 9.47 Å². The number of ether oxygens (including phenoxy) is 2. The number of allylic oxidation sites excluding steroid dienone is 1. The van der Waals surface area contributed by atoms with E-state index in [1.807, 2.05) is 0 Å². The Kier molecular flexibility index (Phi) is 6.87. The first kappa shape index (κ1) is 24.0. The first-order valence-corrected chi connectivity index (χ1v) is 10.9. The number of aromatic nitrogens is 5. The molecular weight excluding hydrogens is 455 g/mol. The highest BCUT2D eigenvalue weighted by atomic mass is 19.1. The molecule has 0 saturated carbocycles. The first-order chi connectivity index (χ1) is 16.8. The first-order valence-electron chi connectivity index (χ1n) is 10.9. The van der Waals surface area contributed by atoms with Gasteiger partial charge in [0.2, 0.25) is 0 Å². The molecule has 35 heavy (non-hydrogen) atoms. The third kappa shape index (κ3) is 4.76. The van der Waals surface area contributed by atoms with Crippen LogP contribution >= 0.6 is 0 Å². The molecule has 0 unspecified atom stereocenters. The molecular formula is C24H25FN6O4. The van der Waals surface area contributed by atoms with Gasteiger partial charge >= 0.3 is 0 Å². The molecule has 4 aromatic heterocycles. The molecule has 4 heterocycles. The van der Waals surface area contributed by atoms with E-state index in [2.05, 4.69) is 15.4 Å². The van der Waals surface area contributed by atoms with E-state index in [0.29, 0.717) is 40.6 Å². The molecule has 0 radical (unpaired) electrons. The van der Waals surface area contributed by atoms with E-state index in [-0.39, 0.29) is 23.6 Å². The van der Waals surface area contributed by atoms with Crippen LogP contribution < -0.4 is 5.56 Å². The summed E-state index contributed by atoms with van der Waals surface area (Å²) >= 11 is 0. The van der Waals surface area contributed by atoms with E-state index in [1.54, 1.807) is 52.4 Å². The number of nitrogens with one attached hydrogen (secondary N) is 1. The maximum atomic E-state index is 14.8. The number of aryl methyl sites for hydroxylation is 2. The molecule has 10 nitrogen and oxygen atoms in total. The van der Waals surface area contributed by atoms with Crippen molar-refractivity contribution in [2.75, 3.05) is 20.3 Å². The molecule has 0 aliphatic carbocycles. The predicted molar refractivity (Wildman–Crippen MR) is 127 cm³/mol. The second-order valence-electron chi connectivity index (χ2n) is 7.99. The van der Waals surface area contributed by atoms with Gasteiger partial charge in [-0.25, -0.2) is 4.39 Å². The summed E-state index contributed by atoms with van der Waals surface area (Å²) in [5.74, 6) is 0.422. The van der Waals surface area contributed by atoms with Gasteiger partial charge in [0.15, 0.2) is 23.0 Å². The Morgan fingerprint density at radius 3 is 2.77 bits per heavy atom. The molecule has 0 amide bonds. The average molecular weight is 481 g/mol. The number of hydrogen-bond donors (Lipinski definition) is 1. The predicted octanol–water partition coefficient (Wildman–Crippen LogP) is 3.56. The summed E-state index contributed by atoms with van der Waals surface area (Å²) in [5, 5.41) is 19.6. The molecule has 0 aliphatic heterocycles. The van der Waals surface area contributed by atoms with E-state index < -0.39 is 11.9 Å². The van der Waals surface area contributed by atoms with Crippen molar-refractivity contribution < 1.29 is 18.4 Å². The summed E-state index contributed by atoms with van der Waals surface area (Å²) in [6, 6.07) is 4.20. The van der Waals surface area contributed by atoms with Crippen LogP contribution in [0.5, 0.6) is 0 Å². The lowest BCUT2D eigenvalue weighted by Crippen LogP contribution is -2.27. The van der Waals surface area contributed by atoms with Crippen LogP contribution in [0.15, 0.2) is 45.7 Å². The quantitative estimate of drug-likeness (QED) is 0.221. The fourth-order valence-electron chi connectivity index (χ4n) is 3.66. The molecule has 4 rings (SSSR count). The molecule has 11 heteroatoms. The molecule has 1 atom stereocenters. The van der Waals surface area contributed by atoms with E-state index in [0.717, 1.165) is 6.21 Å². The summed E-state index contributed by atoms with van der Waals surface area (Å²) in [7, 11) is 1.55. The minimum atomic E-state index is -0.589. The van der Waals surface area contributed by atoms with Crippen molar-refractivity contribution in [1.29, 1.82) is 5.41 Å². The van der Waals surface area contributed by atoms with Crippen LogP contribution in [0.25, 0.3) is 23.0 Å². The van der Waals surface area contributed by atoms with Crippen molar-refractivity contribution in [3.05, 3.63) is 75.2 Å². The van der Waals surface area contributed by atoms with Crippen LogP contribution in [-0.4, -0.2) is 50.9 Å². The maximum absolute atomic E-state index is 14.8. The summed E-state index contributed by atoms with van der Waals surface area (Å²) < 4.78 is 33.6. The lowest BCUT2D eigenvalue weighted by atomic mass is 10.1. The minimum absolute atomic E-state index is 0.0322. The SMILES string of the molecule is COCCO/C(C=N)=C/c1c(C)ccn([C@H](C)c2nnc3c(F)cc(-c4cc(C)no4)cn23)c1=O. The maximum Gasteiger partial charge on any atom is 0.258 e. The van der Waals surface area contributed by atoms with Gasteiger partial charge in [-0.1, -0.05) is 5.16 Å². The molecule has 1 N–H and O–H groups in total. The molecule has 182 valence electrons. The Bertz CT molecular complexity index is 1470. The molecule has 0 bridgehead atoms. The van der Waals surface area contributed by atoms with E-state index in [9.17, 15) is 9.18 Å². The van der Waals surface area contributed by atoms with Crippen molar-refractivity contribution >= 4 is 17.9 Å². The molecule has 0 spiro atoms. The van der Waals surface area contributed by atoms with Crippen molar-refractivity contribution in [2.24, 2.45) is 0 Å². The third-order valence-corrected chi connectivity index (χ3v) is 5.55. The Balaban J connectivity index is 1.77. The van der Waals surface area contributed by atoms with Crippen LogP contribution in [0, 0.1) is 25.1 Å².